The number of fused-ring (bicyclic) bond motifs is 1. The maximum atomic E-state index is 12.8. The number of hydrogen-bond donors (Lipinski definition) is 2. The van der Waals surface area contributed by atoms with Crippen LogP contribution in [-0.4, -0.2) is 22.9 Å². The zero-order valence-corrected chi connectivity index (χ0v) is 16.2. The fourth-order valence-electron chi connectivity index (χ4n) is 3.05. The zero-order valence-electron chi connectivity index (χ0n) is 14.6. The van der Waals surface area contributed by atoms with Crippen LogP contribution < -0.4 is 9.44 Å². The second-order valence-corrected chi connectivity index (χ2v) is 10.3. The molecule has 0 aromatic heterocycles. The van der Waals surface area contributed by atoms with Gasteiger partial charge in [0.05, 0.1) is 15.5 Å². The summed E-state index contributed by atoms with van der Waals surface area (Å²) in [5.74, 6) is 0. The van der Waals surface area contributed by atoms with Gasteiger partial charge in [0.1, 0.15) is 0 Å². The average molecular weight is 405 g/mol. The number of hydrogen-bond acceptors (Lipinski definition) is 4. The van der Waals surface area contributed by atoms with Gasteiger partial charge in [0.25, 0.3) is 10.0 Å². The van der Waals surface area contributed by atoms with Crippen LogP contribution in [0.25, 0.3) is 6.08 Å². The summed E-state index contributed by atoms with van der Waals surface area (Å²) in [5.41, 5.74) is 2.25. The lowest BCUT2D eigenvalue weighted by atomic mass is 9.98. The molecule has 1 saturated carbocycles. The molecule has 2 aliphatic rings. The van der Waals surface area contributed by atoms with Crippen LogP contribution in [0.5, 0.6) is 0 Å². The SMILES string of the molecule is O=S(=O)(Nc1cccc(S(=O)(=O)NC2CC2)c1)C1=Cc2ccccc2CC1. The lowest BCUT2D eigenvalue weighted by Gasteiger charge is -2.17. The highest BCUT2D eigenvalue weighted by molar-refractivity contribution is 7.96. The monoisotopic (exact) mass is 404 g/mol. The van der Waals surface area contributed by atoms with Crippen molar-refractivity contribution < 1.29 is 16.8 Å². The first-order chi connectivity index (χ1) is 12.8. The molecule has 0 bridgehead atoms. The Balaban J connectivity index is 1.59. The fourth-order valence-corrected chi connectivity index (χ4v) is 5.63. The Kier molecular flexibility index (Phi) is 4.57. The summed E-state index contributed by atoms with van der Waals surface area (Å²) in [6.07, 6.45) is 4.41. The van der Waals surface area contributed by atoms with E-state index in [4.69, 9.17) is 0 Å². The van der Waals surface area contributed by atoms with E-state index < -0.39 is 20.0 Å². The van der Waals surface area contributed by atoms with Gasteiger partial charge in [-0.05, 0) is 61.1 Å². The number of rotatable bonds is 6. The van der Waals surface area contributed by atoms with Gasteiger partial charge in [-0.2, -0.15) is 0 Å². The highest BCUT2D eigenvalue weighted by Gasteiger charge is 2.28. The van der Waals surface area contributed by atoms with Crippen LogP contribution in [0.3, 0.4) is 0 Å². The van der Waals surface area contributed by atoms with Crippen molar-refractivity contribution in [3.05, 3.63) is 64.6 Å². The van der Waals surface area contributed by atoms with Crippen molar-refractivity contribution >= 4 is 31.8 Å². The first kappa shape index (κ1) is 18.2. The van der Waals surface area contributed by atoms with Gasteiger partial charge < -0.3 is 0 Å². The van der Waals surface area contributed by atoms with E-state index in [1.54, 1.807) is 12.1 Å². The molecule has 6 nitrogen and oxygen atoms in total. The van der Waals surface area contributed by atoms with E-state index in [0.29, 0.717) is 17.7 Å². The van der Waals surface area contributed by atoms with Gasteiger partial charge in [0.2, 0.25) is 10.0 Å². The summed E-state index contributed by atoms with van der Waals surface area (Å²) in [5, 5.41) is 0. The van der Waals surface area contributed by atoms with E-state index >= 15 is 0 Å². The number of anilines is 1. The average Bonchev–Trinajstić information content (AvgIpc) is 3.44. The summed E-state index contributed by atoms with van der Waals surface area (Å²) < 4.78 is 55.3. The Hall–Kier alpha value is -2.16. The van der Waals surface area contributed by atoms with Crippen molar-refractivity contribution in [1.82, 2.24) is 4.72 Å². The second kappa shape index (κ2) is 6.78. The van der Waals surface area contributed by atoms with Crippen molar-refractivity contribution in [2.75, 3.05) is 4.72 Å². The van der Waals surface area contributed by atoms with Crippen molar-refractivity contribution in [3.63, 3.8) is 0 Å². The van der Waals surface area contributed by atoms with E-state index in [-0.39, 0.29) is 16.6 Å². The third-order valence-corrected chi connectivity index (χ3v) is 7.69. The molecule has 4 rings (SSSR count). The Bertz CT molecular complexity index is 1120. The smallest absolute Gasteiger partial charge is 0.258 e. The Morgan fingerprint density at radius 1 is 0.852 bits per heavy atom. The molecular weight excluding hydrogens is 384 g/mol. The molecule has 0 spiro atoms. The molecule has 1 fully saturated rings. The number of nitrogens with one attached hydrogen (secondary N) is 2. The maximum Gasteiger partial charge on any atom is 0.258 e. The van der Waals surface area contributed by atoms with Gasteiger partial charge in [0, 0.05) is 6.04 Å². The molecule has 2 aromatic rings. The molecule has 0 unspecified atom stereocenters. The van der Waals surface area contributed by atoms with Crippen LogP contribution in [0.4, 0.5) is 5.69 Å². The lowest BCUT2D eigenvalue weighted by molar-refractivity contribution is 0.581. The van der Waals surface area contributed by atoms with Crippen LogP contribution in [-0.2, 0) is 26.5 Å². The van der Waals surface area contributed by atoms with Gasteiger partial charge in [-0.25, -0.2) is 21.6 Å². The number of aryl methyl sites for hydroxylation is 1. The van der Waals surface area contributed by atoms with Crippen molar-refractivity contribution in [2.24, 2.45) is 0 Å². The number of benzene rings is 2. The van der Waals surface area contributed by atoms with Gasteiger partial charge in [-0.3, -0.25) is 4.72 Å². The molecule has 0 heterocycles. The van der Waals surface area contributed by atoms with Crippen molar-refractivity contribution in [3.8, 4) is 0 Å². The zero-order chi connectivity index (χ0) is 19.1. The molecule has 2 aliphatic carbocycles. The van der Waals surface area contributed by atoms with Gasteiger partial charge in [0.15, 0.2) is 0 Å². The second-order valence-electron chi connectivity index (χ2n) is 6.84. The Morgan fingerprint density at radius 3 is 2.41 bits per heavy atom. The summed E-state index contributed by atoms with van der Waals surface area (Å²) >= 11 is 0. The highest BCUT2D eigenvalue weighted by atomic mass is 32.2. The van der Waals surface area contributed by atoms with Gasteiger partial charge >= 0.3 is 0 Å². The fraction of sp³-hybridized carbons (Fsp3) is 0.263. The molecule has 142 valence electrons. The molecule has 2 aromatic carbocycles. The third kappa shape index (κ3) is 4.07. The summed E-state index contributed by atoms with van der Waals surface area (Å²) in [4.78, 5) is 0.350. The summed E-state index contributed by atoms with van der Waals surface area (Å²) in [6.45, 7) is 0. The van der Waals surface area contributed by atoms with Crippen molar-refractivity contribution in [1.29, 1.82) is 0 Å². The third-order valence-electron chi connectivity index (χ3n) is 4.65. The Morgan fingerprint density at radius 2 is 1.63 bits per heavy atom. The highest BCUT2D eigenvalue weighted by Crippen LogP contribution is 2.29. The number of sulfonamides is 2. The number of allylic oxidation sites excluding steroid dienone is 1. The van der Waals surface area contributed by atoms with E-state index in [0.717, 1.165) is 24.0 Å². The first-order valence-corrected chi connectivity index (χ1v) is 11.7. The minimum atomic E-state index is -3.76. The van der Waals surface area contributed by atoms with Gasteiger partial charge in [-0.15, -0.1) is 0 Å². The van der Waals surface area contributed by atoms with Gasteiger partial charge in [-0.1, -0.05) is 30.3 Å². The maximum absolute atomic E-state index is 12.8. The molecule has 0 atom stereocenters. The van der Waals surface area contributed by atoms with Crippen molar-refractivity contribution in [2.45, 2.75) is 36.6 Å². The minimum Gasteiger partial charge on any atom is -0.280 e. The molecule has 0 saturated heterocycles. The minimum absolute atomic E-state index is 0.0113. The normalized spacial score (nSPS) is 17.1. The summed E-state index contributed by atoms with van der Waals surface area (Å²) in [6, 6.07) is 13.6. The largest absolute Gasteiger partial charge is 0.280 e. The Labute approximate surface area is 159 Å². The molecule has 27 heavy (non-hydrogen) atoms. The van der Waals surface area contributed by atoms with E-state index in [9.17, 15) is 16.8 Å². The van der Waals surface area contributed by atoms with Crippen LogP contribution in [0.15, 0.2) is 58.3 Å². The van der Waals surface area contributed by atoms with Crippen LogP contribution in [0.1, 0.15) is 30.4 Å². The van der Waals surface area contributed by atoms with E-state index in [1.165, 1.54) is 18.2 Å². The van der Waals surface area contributed by atoms with Crippen LogP contribution in [0, 0.1) is 0 Å². The van der Waals surface area contributed by atoms with Crippen LogP contribution in [0.2, 0.25) is 0 Å². The quantitative estimate of drug-likeness (QED) is 0.774. The van der Waals surface area contributed by atoms with Crippen LogP contribution >= 0.6 is 0 Å². The summed E-state index contributed by atoms with van der Waals surface area (Å²) in [7, 11) is -7.40. The molecule has 2 N–H and O–H groups in total. The molecule has 0 aliphatic heterocycles. The topological polar surface area (TPSA) is 92.3 Å². The molecular formula is C19H20N2O4S2. The molecule has 8 heteroatoms. The standard InChI is InChI=1S/C19H20N2O4S2/c22-26(23,20-16-9-10-16)18-7-3-6-17(13-18)21-27(24,25)19-11-8-14-4-1-2-5-15(14)12-19/h1-7,12-13,16,20-21H,8-11H2. The predicted octanol–water partition coefficient (Wildman–Crippen LogP) is 2.86. The predicted molar refractivity (Wildman–Crippen MR) is 105 cm³/mol. The molecule has 0 amide bonds. The molecule has 0 radical (unpaired) electrons. The first-order valence-electron chi connectivity index (χ1n) is 8.77. The van der Waals surface area contributed by atoms with E-state index in [2.05, 4.69) is 9.44 Å². The van der Waals surface area contributed by atoms with E-state index in [1.807, 2.05) is 24.3 Å². The lowest BCUT2D eigenvalue weighted by Crippen LogP contribution is -2.25.